The molecule has 3 N–H and O–H groups in total. The van der Waals surface area contributed by atoms with Crippen LogP contribution in [0.3, 0.4) is 0 Å². The number of carbonyl (C=O) groups is 1. The molecule has 7 heteroatoms. The molecule has 1 fully saturated rings. The molecule has 1 saturated heterocycles. The molecule has 1 amide bonds. The van der Waals surface area contributed by atoms with Crippen molar-refractivity contribution in [1.29, 1.82) is 0 Å². The van der Waals surface area contributed by atoms with Gasteiger partial charge in [0.25, 0.3) is 0 Å². The van der Waals surface area contributed by atoms with Crippen molar-refractivity contribution in [2.45, 2.75) is 32.1 Å². The number of nitrogens with one attached hydrogen (secondary N) is 3. The van der Waals surface area contributed by atoms with Gasteiger partial charge in [0.15, 0.2) is 5.82 Å². The van der Waals surface area contributed by atoms with Crippen molar-refractivity contribution in [3.8, 4) is 0 Å². The smallest absolute Gasteiger partial charge is 0.231 e. The fourth-order valence-corrected chi connectivity index (χ4v) is 3.62. The van der Waals surface area contributed by atoms with Gasteiger partial charge in [0.1, 0.15) is 0 Å². The summed E-state index contributed by atoms with van der Waals surface area (Å²) in [7, 11) is 1.82. The SMILES string of the molecule is Cc1cccc2c(CC(=O)Nc3nc(C4CCNCC4)nn3C)c[nH]c12. The zero-order chi connectivity index (χ0) is 18.1. The third kappa shape index (κ3) is 3.22. The molecule has 1 aromatic carbocycles. The van der Waals surface area contributed by atoms with E-state index < -0.39 is 0 Å². The summed E-state index contributed by atoms with van der Waals surface area (Å²) in [6.45, 7) is 4.04. The Bertz CT molecular complexity index is 935. The first kappa shape index (κ1) is 16.8. The van der Waals surface area contributed by atoms with Gasteiger partial charge >= 0.3 is 0 Å². The number of aryl methyl sites for hydroxylation is 2. The molecule has 0 radical (unpaired) electrons. The van der Waals surface area contributed by atoms with Gasteiger partial charge in [-0.15, -0.1) is 0 Å². The maximum Gasteiger partial charge on any atom is 0.231 e. The van der Waals surface area contributed by atoms with E-state index in [2.05, 4.69) is 38.7 Å². The second kappa shape index (κ2) is 6.92. The molecule has 0 atom stereocenters. The Morgan fingerprint density at radius 3 is 2.96 bits per heavy atom. The first-order valence-electron chi connectivity index (χ1n) is 9.09. The topological polar surface area (TPSA) is 87.6 Å². The van der Waals surface area contributed by atoms with Crippen molar-refractivity contribution in [2.75, 3.05) is 18.4 Å². The van der Waals surface area contributed by atoms with Gasteiger partial charge in [-0.2, -0.15) is 10.1 Å². The third-order valence-electron chi connectivity index (χ3n) is 5.10. The number of benzene rings is 1. The van der Waals surface area contributed by atoms with E-state index in [-0.39, 0.29) is 5.91 Å². The Balaban J connectivity index is 1.47. The van der Waals surface area contributed by atoms with Crippen LogP contribution in [0.15, 0.2) is 24.4 Å². The Morgan fingerprint density at radius 2 is 2.15 bits per heavy atom. The van der Waals surface area contributed by atoms with E-state index in [4.69, 9.17) is 0 Å². The summed E-state index contributed by atoms with van der Waals surface area (Å²) in [4.78, 5) is 20.4. The monoisotopic (exact) mass is 352 g/mol. The van der Waals surface area contributed by atoms with Crippen molar-refractivity contribution >= 4 is 22.8 Å². The van der Waals surface area contributed by atoms with Crippen LogP contribution in [0.1, 0.15) is 35.7 Å². The van der Waals surface area contributed by atoms with E-state index in [0.29, 0.717) is 18.3 Å². The summed E-state index contributed by atoms with van der Waals surface area (Å²) >= 11 is 0. The molecular formula is C19H24N6O. The first-order chi connectivity index (χ1) is 12.6. The van der Waals surface area contributed by atoms with Gasteiger partial charge in [-0.25, -0.2) is 4.68 Å². The average molecular weight is 352 g/mol. The van der Waals surface area contributed by atoms with Crippen LogP contribution < -0.4 is 10.6 Å². The van der Waals surface area contributed by atoms with E-state index in [1.807, 2.05) is 25.4 Å². The number of para-hydroxylation sites is 1. The molecule has 2 aromatic heterocycles. The minimum atomic E-state index is -0.0835. The van der Waals surface area contributed by atoms with Gasteiger partial charge in [-0.05, 0) is 44.0 Å². The fraction of sp³-hybridized carbons (Fsp3) is 0.421. The van der Waals surface area contributed by atoms with Gasteiger partial charge < -0.3 is 10.3 Å². The number of hydrogen-bond donors (Lipinski definition) is 3. The molecule has 0 aliphatic carbocycles. The van der Waals surface area contributed by atoms with Crippen molar-refractivity contribution in [3.63, 3.8) is 0 Å². The number of amides is 1. The quantitative estimate of drug-likeness (QED) is 0.672. The van der Waals surface area contributed by atoms with Crippen molar-refractivity contribution in [3.05, 3.63) is 41.3 Å². The lowest BCUT2D eigenvalue weighted by Crippen LogP contribution is -2.27. The van der Waals surface area contributed by atoms with Gasteiger partial charge in [0, 0.05) is 30.1 Å². The second-order valence-electron chi connectivity index (χ2n) is 6.98. The first-order valence-corrected chi connectivity index (χ1v) is 9.09. The maximum atomic E-state index is 12.5. The largest absolute Gasteiger partial charge is 0.361 e. The number of anilines is 1. The zero-order valence-electron chi connectivity index (χ0n) is 15.2. The molecule has 1 aliphatic heterocycles. The van der Waals surface area contributed by atoms with Crippen LogP contribution in [0.5, 0.6) is 0 Å². The number of aromatic amines is 1. The summed E-state index contributed by atoms with van der Waals surface area (Å²) in [6, 6.07) is 6.12. The Morgan fingerprint density at radius 1 is 1.35 bits per heavy atom. The fourth-order valence-electron chi connectivity index (χ4n) is 3.62. The Labute approximate surface area is 152 Å². The number of nitrogens with zero attached hydrogens (tertiary/aromatic N) is 3. The van der Waals surface area contributed by atoms with Crippen LogP contribution in [0, 0.1) is 6.92 Å². The lowest BCUT2D eigenvalue weighted by molar-refractivity contribution is -0.115. The number of rotatable bonds is 4. The molecule has 3 heterocycles. The highest BCUT2D eigenvalue weighted by molar-refractivity contribution is 5.95. The summed E-state index contributed by atoms with van der Waals surface area (Å²) in [5.41, 5.74) is 3.25. The second-order valence-corrected chi connectivity index (χ2v) is 6.98. The van der Waals surface area contributed by atoms with Gasteiger partial charge in [0.05, 0.1) is 6.42 Å². The average Bonchev–Trinajstić information content (AvgIpc) is 3.21. The maximum absolute atomic E-state index is 12.5. The number of H-pyrrole nitrogens is 1. The van der Waals surface area contributed by atoms with Crippen LogP contribution in [0.4, 0.5) is 5.95 Å². The van der Waals surface area contributed by atoms with Crippen LogP contribution in [-0.2, 0) is 18.3 Å². The van der Waals surface area contributed by atoms with Gasteiger partial charge in [0.2, 0.25) is 11.9 Å². The van der Waals surface area contributed by atoms with Gasteiger partial charge in [-0.1, -0.05) is 18.2 Å². The predicted octanol–water partition coefficient (Wildman–Crippen LogP) is 2.25. The predicted molar refractivity (Wildman–Crippen MR) is 101 cm³/mol. The molecule has 3 aromatic rings. The van der Waals surface area contributed by atoms with E-state index in [1.165, 1.54) is 5.56 Å². The number of hydrogen-bond acceptors (Lipinski definition) is 4. The molecular weight excluding hydrogens is 328 g/mol. The highest BCUT2D eigenvalue weighted by Gasteiger charge is 2.21. The van der Waals surface area contributed by atoms with E-state index >= 15 is 0 Å². The van der Waals surface area contributed by atoms with Crippen LogP contribution in [0.25, 0.3) is 10.9 Å². The van der Waals surface area contributed by atoms with Crippen LogP contribution >= 0.6 is 0 Å². The minimum absolute atomic E-state index is 0.0835. The number of piperidine rings is 1. The molecule has 26 heavy (non-hydrogen) atoms. The van der Waals surface area contributed by atoms with Crippen LogP contribution in [-0.4, -0.2) is 38.7 Å². The molecule has 0 saturated carbocycles. The van der Waals surface area contributed by atoms with Crippen molar-refractivity contribution in [2.24, 2.45) is 7.05 Å². The lowest BCUT2D eigenvalue weighted by atomic mass is 9.98. The molecule has 7 nitrogen and oxygen atoms in total. The zero-order valence-corrected chi connectivity index (χ0v) is 15.2. The molecule has 0 spiro atoms. The highest BCUT2D eigenvalue weighted by Crippen LogP contribution is 2.24. The molecule has 0 unspecified atom stereocenters. The normalized spacial score (nSPS) is 15.5. The third-order valence-corrected chi connectivity index (χ3v) is 5.10. The summed E-state index contributed by atoms with van der Waals surface area (Å²) in [5, 5.41) is 11.8. The summed E-state index contributed by atoms with van der Waals surface area (Å²) in [5.74, 6) is 1.62. The minimum Gasteiger partial charge on any atom is -0.361 e. The van der Waals surface area contributed by atoms with E-state index in [9.17, 15) is 4.79 Å². The summed E-state index contributed by atoms with van der Waals surface area (Å²) < 4.78 is 1.66. The Hall–Kier alpha value is -2.67. The van der Waals surface area contributed by atoms with Crippen molar-refractivity contribution < 1.29 is 4.79 Å². The standard InChI is InChI=1S/C19H24N6O/c1-12-4-3-5-15-14(11-21-17(12)15)10-16(26)22-19-23-18(24-25(19)2)13-6-8-20-9-7-13/h3-5,11,13,20-21H,6-10H2,1-2H3,(H,22,23,24,26). The van der Waals surface area contributed by atoms with E-state index in [1.54, 1.807) is 4.68 Å². The summed E-state index contributed by atoms with van der Waals surface area (Å²) in [6.07, 6.45) is 4.28. The number of aromatic nitrogens is 4. The molecule has 136 valence electrons. The van der Waals surface area contributed by atoms with Crippen LogP contribution in [0.2, 0.25) is 0 Å². The molecule has 0 bridgehead atoms. The van der Waals surface area contributed by atoms with Crippen molar-refractivity contribution in [1.82, 2.24) is 25.1 Å². The highest BCUT2D eigenvalue weighted by atomic mass is 16.1. The van der Waals surface area contributed by atoms with Gasteiger partial charge in [-0.3, -0.25) is 10.1 Å². The molecule has 4 rings (SSSR count). The molecule has 1 aliphatic rings. The number of carbonyl (C=O) groups excluding carboxylic acids is 1. The lowest BCUT2D eigenvalue weighted by Gasteiger charge is -2.19. The number of fused-ring (bicyclic) bond motifs is 1. The van der Waals surface area contributed by atoms with E-state index in [0.717, 1.165) is 48.2 Å². The Kier molecular flexibility index (Phi) is 4.46.